The Hall–Kier alpha value is -1.46. The van der Waals surface area contributed by atoms with Crippen molar-refractivity contribution in [2.75, 3.05) is 5.32 Å². The van der Waals surface area contributed by atoms with Crippen molar-refractivity contribution in [3.8, 4) is 0 Å². The van der Waals surface area contributed by atoms with E-state index in [0.717, 1.165) is 11.3 Å². The van der Waals surface area contributed by atoms with Gasteiger partial charge in [0.25, 0.3) is 5.91 Å². The van der Waals surface area contributed by atoms with Gasteiger partial charge in [0.1, 0.15) is 11.5 Å². The Bertz CT molecular complexity index is 569. The van der Waals surface area contributed by atoms with E-state index < -0.39 is 0 Å². The maximum absolute atomic E-state index is 12.2. The van der Waals surface area contributed by atoms with Crippen LogP contribution >= 0.6 is 22.9 Å². The molecule has 19 heavy (non-hydrogen) atoms. The standard InChI is InChI=1S/C13H14ClN3OS/c1-8(2)7-9-11(17-13(14)19-9)12(18)16-10-5-3-4-6-15-10/h3-6,8H,7H2,1-2H3,(H,15,16,18). The van der Waals surface area contributed by atoms with Gasteiger partial charge in [-0.15, -0.1) is 11.3 Å². The van der Waals surface area contributed by atoms with Crippen LogP contribution in [-0.2, 0) is 6.42 Å². The molecular formula is C13H14ClN3OS. The summed E-state index contributed by atoms with van der Waals surface area (Å²) in [5.74, 6) is 0.683. The van der Waals surface area contributed by atoms with Gasteiger partial charge in [-0.05, 0) is 24.5 Å². The van der Waals surface area contributed by atoms with E-state index in [-0.39, 0.29) is 5.91 Å². The largest absolute Gasteiger partial charge is 0.305 e. The lowest BCUT2D eigenvalue weighted by atomic mass is 10.1. The topological polar surface area (TPSA) is 54.9 Å². The average Bonchev–Trinajstić information content (AvgIpc) is 2.70. The first-order valence-electron chi connectivity index (χ1n) is 5.94. The highest BCUT2D eigenvalue weighted by Crippen LogP contribution is 2.26. The van der Waals surface area contributed by atoms with Gasteiger partial charge in [-0.25, -0.2) is 9.97 Å². The van der Waals surface area contributed by atoms with Gasteiger partial charge >= 0.3 is 0 Å². The number of nitrogens with zero attached hydrogens (tertiary/aromatic N) is 2. The van der Waals surface area contributed by atoms with E-state index >= 15 is 0 Å². The first-order valence-corrected chi connectivity index (χ1v) is 7.13. The van der Waals surface area contributed by atoms with Crippen LogP contribution in [0.4, 0.5) is 5.82 Å². The molecule has 0 saturated heterocycles. The van der Waals surface area contributed by atoms with Crippen LogP contribution in [-0.4, -0.2) is 15.9 Å². The number of carbonyl (C=O) groups is 1. The van der Waals surface area contributed by atoms with Crippen molar-refractivity contribution >= 4 is 34.7 Å². The lowest BCUT2D eigenvalue weighted by molar-refractivity contribution is 0.102. The molecule has 0 aliphatic heterocycles. The van der Waals surface area contributed by atoms with Gasteiger partial charge in [-0.3, -0.25) is 4.79 Å². The first kappa shape index (κ1) is 14.0. The van der Waals surface area contributed by atoms with Crippen molar-refractivity contribution in [1.29, 1.82) is 0 Å². The van der Waals surface area contributed by atoms with E-state index in [9.17, 15) is 4.79 Å². The average molecular weight is 296 g/mol. The third kappa shape index (κ3) is 3.75. The van der Waals surface area contributed by atoms with E-state index in [2.05, 4.69) is 29.1 Å². The molecule has 0 radical (unpaired) electrons. The summed E-state index contributed by atoms with van der Waals surface area (Å²) in [6, 6.07) is 5.33. The molecule has 0 aromatic carbocycles. The van der Waals surface area contributed by atoms with Gasteiger partial charge in [0, 0.05) is 11.1 Å². The molecule has 6 heteroatoms. The van der Waals surface area contributed by atoms with Crippen LogP contribution in [0.2, 0.25) is 4.47 Å². The van der Waals surface area contributed by atoms with Gasteiger partial charge in [0.05, 0.1) is 0 Å². The number of hydrogen-bond acceptors (Lipinski definition) is 4. The maximum Gasteiger partial charge on any atom is 0.276 e. The number of amides is 1. The van der Waals surface area contributed by atoms with E-state index in [1.807, 2.05) is 6.07 Å². The van der Waals surface area contributed by atoms with E-state index in [1.165, 1.54) is 11.3 Å². The minimum Gasteiger partial charge on any atom is -0.305 e. The van der Waals surface area contributed by atoms with Gasteiger partial charge < -0.3 is 5.32 Å². The Kier molecular flexibility index (Phi) is 4.50. The number of anilines is 1. The number of pyridine rings is 1. The van der Waals surface area contributed by atoms with Crippen LogP contribution in [0.1, 0.15) is 29.2 Å². The molecule has 0 atom stereocenters. The molecule has 0 unspecified atom stereocenters. The molecule has 2 aromatic heterocycles. The molecule has 2 heterocycles. The smallest absolute Gasteiger partial charge is 0.276 e. The van der Waals surface area contributed by atoms with Crippen LogP contribution in [0.5, 0.6) is 0 Å². The fourth-order valence-corrected chi connectivity index (χ4v) is 2.98. The molecule has 0 saturated carbocycles. The molecule has 100 valence electrons. The highest BCUT2D eigenvalue weighted by atomic mass is 35.5. The number of hydrogen-bond donors (Lipinski definition) is 1. The Labute approximate surface area is 120 Å². The van der Waals surface area contributed by atoms with Crippen molar-refractivity contribution in [2.24, 2.45) is 5.92 Å². The first-order chi connectivity index (χ1) is 9.06. The van der Waals surface area contributed by atoms with Gasteiger partial charge in [-0.1, -0.05) is 31.5 Å². The van der Waals surface area contributed by atoms with Crippen molar-refractivity contribution in [1.82, 2.24) is 9.97 Å². The summed E-state index contributed by atoms with van der Waals surface area (Å²) in [6.45, 7) is 4.18. The molecule has 1 N–H and O–H groups in total. The number of thiazole rings is 1. The normalized spacial score (nSPS) is 10.7. The zero-order valence-electron chi connectivity index (χ0n) is 10.7. The second-order valence-corrected chi connectivity index (χ2v) is 6.17. The highest BCUT2D eigenvalue weighted by molar-refractivity contribution is 7.16. The van der Waals surface area contributed by atoms with E-state index in [0.29, 0.717) is 21.9 Å². The Morgan fingerprint density at radius 2 is 2.26 bits per heavy atom. The molecular weight excluding hydrogens is 282 g/mol. The number of rotatable bonds is 4. The monoisotopic (exact) mass is 295 g/mol. The molecule has 0 spiro atoms. The molecule has 2 aromatic rings. The minimum atomic E-state index is -0.266. The van der Waals surface area contributed by atoms with Crippen LogP contribution in [0.25, 0.3) is 0 Å². The Morgan fingerprint density at radius 3 is 2.89 bits per heavy atom. The second-order valence-electron chi connectivity index (χ2n) is 4.51. The van der Waals surface area contributed by atoms with Crippen LogP contribution in [0, 0.1) is 5.92 Å². The third-order valence-electron chi connectivity index (χ3n) is 2.39. The van der Waals surface area contributed by atoms with Crippen molar-refractivity contribution in [2.45, 2.75) is 20.3 Å². The van der Waals surface area contributed by atoms with Crippen LogP contribution < -0.4 is 5.32 Å². The van der Waals surface area contributed by atoms with Crippen molar-refractivity contribution in [3.63, 3.8) is 0 Å². The summed E-state index contributed by atoms with van der Waals surface area (Å²) in [5, 5.41) is 2.72. The van der Waals surface area contributed by atoms with Gasteiger partial charge in [-0.2, -0.15) is 0 Å². The number of nitrogens with one attached hydrogen (secondary N) is 1. The van der Waals surface area contributed by atoms with Gasteiger partial charge in [0.15, 0.2) is 4.47 Å². The van der Waals surface area contributed by atoms with E-state index in [1.54, 1.807) is 18.3 Å². The molecule has 0 fully saturated rings. The Morgan fingerprint density at radius 1 is 1.47 bits per heavy atom. The highest BCUT2D eigenvalue weighted by Gasteiger charge is 2.18. The third-order valence-corrected chi connectivity index (χ3v) is 3.57. The summed E-state index contributed by atoms with van der Waals surface area (Å²) in [7, 11) is 0. The minimum absolute atomic E-state index is 0.266. The summed E-state index contributed by atoms with van der Waals surface area (Å²) in [4.78, 5) is 21.2. The fourth-order valence-electron chi connectivity index (χ4n) is 1.62. The maximum atomic E-state index is 12.2. The van der Waals surface area contributed by atoms with E-state index in [4.69, 9.17) is 11.6 Å². The zero-order valence-corrected chi connectivity index (χ0v) is 12.3. The number of halogens is 1. The Balaban J connectivity index is 2.19. The van der Waals surface area contributed by atoms with Gasteiger partial charge in [0.2, 0.25) is 0 Å². The summed E-state index contributed by atoms with van der Waals surface area (Å²) in [6.07, 6.45) is 2.41. The number of aromatic nitrogens is 2. The predicted molar refractivity (Wildman–Crippen MR) is 77.9 cm³/mol. The molecule has 2 rings (SSSR count). The molecule has 0 aliphatic carbocycles. The van der Waals surface area contributed by atoms with Crippen molar-refractivity contribution < 1.29 is 4.79 Å². The zero-order chi connectivity index (χ0) is 13.8. The lowest BCUT2D eigenvalue weighted by Crippen LogP contribution is -2.15. The predicted octanol–water partition coefficient (Wildman–Crippen LogP) is 3.64. The molecule has 1 amide bonds. The van der Waals surface area contributed by atoms with Crippen LogP contribution in [0.15, 0.2) is 24.4 Å². The number of carbonyl (C=O) groups excluding carboxylic acids is 1. The molecule has 4 nitrogen and oxygen atoms in total. The second kappa shape index (κ2) is 6.12. The quantitative estimate of drug-likeness (QED) is 0.937. The fraction of sp³-hybridized carbons (Fsp3) is 0.308. The summed E-state index contributed by atoms with van der Waals surface area (Å²) >= 11 is 7.26. The lowest BCUT2D eigenvalue weighted by Gasteiger charge is -2.05. The SMILES string of the molecule is CC(C)Cc1sc(Cl)nc1C(=O)Nc1ccccn1. The summed E-state index contributed by atoms with van der Waals surface area (Å²) < 4.78 is 0.391. The molecule has 0 aliphatic rings. The molecule has 0 bridgehead atoms. The van der Waals surface area contributed by atoms with Crippen LogP contribution in [0.3, 0.4) is 0 Å². The van der Waals surface area contributed by atoms with Crippen molar-refractivity contribution in [3.05, 3.63) is 39.4 Å². The summed E-state index contributed by atoms with van der Waals surface area (Å²) in [5.41, 5.74) is 0.398.